The molecule has 0 aromatic carbocycles. The van der Waals surface area contributed by atoms with Crippen LogP contribution < -0.4 is 11.1 Å². The predicted molar refractivity (Wildman–Crippen MR) is 92.5 cm³/mol. The fourth-order valence-electron chi connectivity index (χ4n) is 3.15. The Morgan fingerprint density at radius 1 is 1.30 bits per heavy atom. The van der Waals surface area contributed by atoms with Gasteiger partial charge in [-0.1, -0.05) is 18.5 Å². The fourth-order valence-corrected chi connectivity index (χ4v) is 3.34. The summed E-state index contributed by atoms with van der Waals surface area (Å²) in [6.45, 7) is 2.10. The van der Waals surface area contributed by atoms with Crippen LogP contribution in [0.25, 0.3) is 11.3 Å². The van der Waals surface area contributed by atoms with Crippen molar-refractivity contribution >= 4 is 17.5 Å². The van der Waals surface area contributed by atoms with Gasteiger partial charge in [0.05, 0.1) is 23.1 Å². The molecule has 2 aromatic rings. The third-order valence-corrected chi connectivity index (χ3v) is 4.78. The molecule has 1 aliphatic rings. The van der Waals surface area contributed by atoms with Gasteiger partial charge in [-0.2, -0.15) is 5.10 Å². The molecule has 2 heterocycles. The highest BCUT2D eigenvalue weighted by molar-refractivity contribution is 6.32. The van der Waals surface area contributed by atoms with E-state index in [1.807, 2.05) is 17.9 Å². The molecule has 124 valence electrons. The monoisotopic (exact) mass is 334 g/mol. The number of nitrogens with zero attached hydrogens (tertiary/aromatic N) is 4. The Bertz CT molecular complexity index is 675. The molecular weight excluding hydrogens is 312 g/mol. The van der Waals surface area contributed by atoms with Crippen LogP contribution in [0.4, 0.5) is 5.95 Å². The zero-order valence-electron chi connectivity index (χ0n) is 13.6. The van der Waals surface area contributed by atoms with Crippen molar-refractivity contribution in [3.63, 3.8) is 0 Å². The van der Waals surface area contributed by atoms with Crippen molar-refractivity contribution in [1.29, 1.82) is 0 Å². The molecule has 0 spiro atoms. The highest BCUT2D eigenvalue weighted by Crippen LogP contribution is 2.29. The molecule has 0 amide bonds. The van der Waals surface area contributed by atoms with Crippen LogP contribution in [0.2, 0.25) is 5.02 Å². The molecule has 23 heavy (non-hydrogen) atoms. The highest BCUT2D eigenvalue weighted by Gasteiger charge is 2.20. The molecule has 6 nitrogen and oxygen atoms in total. The van der Waals surface area contributed by atoms with Crippen LogP contribution in [0, 0.1) is 0 Å². The minimum Gasteiger partial charge on any atom is -0.351 e. The molecule has 2 aromatic heterocycles. The second kappa shape index (κ2) is 6.84. The third kappa shape index (κ3) is 3.48. The maximum Gasteiger partial charge on any atom is 0.223 e. The van der Waals surface area contributed by atoms with E-state index in [0.29, 0.717) is 23.1 Å². The summed E-state index contributed by atoms with van der Waals surface area (Å²) in [6, 6.07) is 0.709. The standard InChI is InChI=1S/C16H23ClN6/c1-3-14-12(8-20-23(14)2)15-13(17)9-19-16(22-15)21-11-6-4-10(18)5-7-11/h8-11H,3-7,18H2,1-2H3,(H,19,21,22). The lowest BCUT2D eigenvalue weighted by Gasteiger charge is -2.26. The van der Waals surface area contributed by atoms with Crippen molar-refractivity contribution in [2.75, 3.05) is 5.32 Å². The van der Waals surface area contributed by atoms with Crippen LogP contribution >= 0.6 is 11.6 Å². The van der Waals surface area contributed by atoms with Crippen molar-refractivity contribution in [2.45, 2.75) is 51.1 Å². The molecule has 0 bridgehead atoms. The molecule has 1 aliphatic carbocycles. The van der Waals surface area contributed by atoms with Crippen LogP contribution in [0.5, 0.6) is 0 Å². The number of aryl methyl sites for hydroxylation is 1. The summed E-state index contributed by atoms with van der Waals surface area (Å²) in [5.74, 6) is 0.621. The normalized spacial score (nSPS) is 21.4. The van der Waals surface area contributed by atoms with E-state index in [1.54, 1.807) is 6.20 Å². The summed E-state index contributed by atoms with van der Waals surface area (Å²) >= 11 is 6.32. The molecule has 1 saturated carbocycles. The summed E-state index contributed by atoms with van der Waals surface area (Å²) in [4.78, 5) is 8.97. The predicted octanol–water partition coefficient (Wildman–Crippen LogP) is 2.77. The van der Waals surface area contributed by atoms with Crippen LogP contribution in [0.3, 0.4) is 0 Å². The first-order valence-corrected chi connectivity index (χ1v) is 8.52. The quantitative estimate of drug-likeness (QED) is 0.898. The fraction of sp³-hybridized carbons (Fsp3) is 0.562. The van der Waals surface area contributed by atoms with Crippen molar-refractivity contribution in [1.82, 2.24) is 19.7 Å². The molecule has 0 atom stereocenters. The second-order valence-corrected chi connectivity index (χ2v) is 6.54. The molecule has 0 radical (unpaired) electrons. The Labute approximate surface area is 141 Å². The Balaban J connectivity index is 1.84. The van der Waals surface area contributed by atoms with Gasteiger partial charge in [0.2, 0.25) is 5.95 Å². The van der Waals surface area contributed by atoms with E-state index in [-0.39, 0.29) is 0 Å². The van der Waals surface area contributed by atoms with Crippen LogP contribution in [-0.4, -0.2) is 31.8 Å². The molecule has 1 fully saturated rings. The molecule has 0 saturated heterocycles. The first kappa shape index (κ1) is 16.2. The van der Waals surface area contributed by atoms with E-state index in [0.717, 1.165) is 49.1 Å². The number of nitrogens with one attached hydrogen (secondary N) is 1. The van der Waals surface area contributed by atoms with E-state index in [4.69, 9.17) is 17.3 Å². The average Bonchev–Trinajstić information content (AvgIpc) is 2.92. The number of hydrogen-bond donors (Lipinski definition) is 2. The molecule has 3 rings (SSSR count). The lowest BCUT2D eigenvalue weighted by molar-refractivity contribution is 0.410. The summed E-state index contributed by atoms with van der Waals surface area (Å²) in [7, 11) is 1.93. The lowest BCUT2D eigenvalue weighted by Crippen LogP contribution is -2.33. The topological polar surface area (TPSA) is 81.7 Å². The maximum atomic E-state index is 6.32. The highest BCUT2D eigenvalue weighted by atomic mass is 35.5. The van der Waals surface area contributed by atoms with E-state index in [9.17, 15) is 0 Å². The smallest absolute Gasteiger partial charge is 0.223 e. The van der Waals surface area contributed by atoms with Crippen molar-refractivity contribution in [3.8, 4) is 11.3 Å². The molecular formula is C16H23ClN6. The lowest BCUT2D eigenvalue weighted by atomic mass is 9.92. The maximum absolute atomic E-state index is 6.32. The minimum absolute atomic E-state index is 0.331. The largest absolute Gasteiger partial charge is 0.351 e. The first-order chi connectivity index (χ1) is 11.1. The number of halogens is 1. The first-order valence-electron chi connectivity index (χ1n) is 8.14. The minimum atomic E-state index is 0.331. The van der Waals surface area contributed by atoms with Gasteiger partial charge in [0.1, 0.15) is 0 Å². The zero-order chi connectivity index (χ0) is 16.4. The van der Waals surface area contributed by atoms with Gasteiger partial charge in [-0.15, -0.1) is 0 Å². The van der Waals surface area contributed by atoms with Crippen LogP contribution in [0.15, 0.2) is 12.4 Å². The summed E-state index contributed by atoms with van der Waals surface area (Å²) in [6.07, 6.45) is 8.53. The van der Waals surface area contributed by atoms with E-state index < -0.39 is 0 Å². The van der Waals surface area contributed by atoms with Crippen molar-refractivity contribution in [2.24, 2.45) is 12.8 Å². The van der Waals surface area contributed by atoms with Gasteiger partial charge in [0.25, 0.3) is 0 Å². The second-order valence-electron chi connectivity index (χ2n) is 6.13. The number of anilines is 1. The Kier molecular flexibility index (Phi) is 4.82. The van der Waals surface area contributed by atoms with E-state index in [1.165, 1.54) is 0 Å². The third-order valence-electron chi connectivity index (χ3n) is 4.50. The van der Waals surface area contributed by atoms with Gasteiger partial charge in [0, 0.05) is 30.4 Å². The SMILES string of the molecule is CCc1c(-c2nc(NC3CCC(N)CC3)ncc2Cl)cnn1C. The van der Waals surface area contributed by atoms with Crippen molar-refractivity contribution in [3.05, 3.63) is 23.1 Å². The van der Waals surface area contributed by atoms with Crippen LogP contribution in [-0.2, 0) is 13.5 Å². The van der Waals surface area contributed by atoms with Gasteiger partial charge < -0.3 is 11.1 Å². The Morgan fingerprint density at radius 2 is 2.04 bits per heavy atom. The number of nitrogens with two attached hydrogens (primary N) is 1. The van der Waals surface area contributed by atoms with Gasteiger partial charge in [-0.25, -0.2) is 9.97 Å². The Hall–Kier alpha value is -1.66. The van der Waals surface area contributed by atoms with E-state index >= 15 is 0 Å². The van der Waals surface area contributed by atoms with Crippen LogP contribution in [0.1, 0.15) is 38.3 Å². The summed E-state index contributed by atoms with van der Waals surface area (Å²) < 4.78 is 1.86. The molecule has 0 aliphatic heterocycles. The molecule has 7 heteroatoms. The number of rotatable bonds is 4. The molecule has 0 unspecified atom stereocenters. The summed E-state index contributed by atoms with van der Waals surface area (Å²) in [5.41, 5.74) is 8.78. The van der Waals surface area contributed by atoms with Gasteiger partial charge in [-0.3, -0.25) is 4.68 Å². The van der Waals surface area contributed by atoms with Gasteiger partial charge in [0.15, 0.2) is 0 Å². The van der Waals surface area contributed by atoms with E-state index in [2.05, 4.69) is 27.3 Å². The van der Waals surface area contributed by atoms with Gasteiger partial charge in [-0.05, 0) is 32.1 Å². The summed E-state index contributed by atoms with van der Waals surface area (Å²) in [5, 5.41) is 8.29. The molecule has 3 N–H and O–H groups in total. The van der Waals surface area contributed by atoms with Crippen molar-refractivity contribution < 1.29 is 0 Å². The van der Waals surface area contributed by atoms with Gasteiger partial charge >= 0.3 is 0 Å². The zero-order valence-corrected chi connectivity index (χ0v) is 14.3. The average molecular weight is 335 g/mol. The Morgan fingerprint density at radius 3 is 2.74 bits per heavy atom. The number of aromatic nitrogens is 4. The number of hydrogen-bond acceptors (Lipinski definition) is 5.